The van der Waals surface area contributed by atoms with E-state index >= 15 is 0 Å². The van der Waals surface area contributed by atoms with Crippen molar-refractivity contribution in [2.24, 2.45) is 0 Å². The maximum atomic E-state index is 13.6. The third-order valence-electron chi connectivity index (χ3n) is 3.41. The number of hydrogen-bond acceptors (Lipinski definition) is 4. The minimum atomic E-state index is -0.388. The van der Waals surface area contributed by atoms with Gasteiger partial charge in [0, 0.05) is 11.4 Å². The van der Waals surface area contributed by atoms with Crippen molar-refractivity contribution in [1.82, 2.24) is 5.32 Å². The number of benzene rings is 2. The van der Waals surface area contributed by atoms with Gasteiger partial charge in [0.25, 0.3) is 0 Å². The summed E-state index contributed by atoms with van der Waals surface area (Å²) in [5.74, 6) is 0.943. The largest absolute Gasteiger partial charge is 0.454 e. The van der Waals surface area contributed by atoms with Crippen LogP contribution in [0.3, 0.4) is 0 Å². The molecule has 2 aromatic carbocycles. The number of nitrogens with one attached hydrogen (secondary N) is 1. The van der Waals surface area contributed by atoms with Crippen LogP contribution in [0.5, 0.6) is 11.5 Å². The molecule has 0 saturated heterocycles. The van der Waals surface area contributed by atoms with Crippen LogP contribution in [0.15, 0.2) is 47.4 Å². The van der Waals surface area contributed by atoms with Crippen molar-refractivity contribution >= 4 is 17.7 Å². The van der Waals surface area contributed by atoms with Crippen LogP contribution in [0.2, 0.25) is 0 Å². The minimum Gasteiger partial charge on any atom is -0.454 e. The van der Waals surface area contributed by atoms with Crippen LogP contribution in [0, 0.1) is 5.82 Å². The lowest BCUT2D eigenvalue weighted by Gasteiger charge is -2.12. The summed E-state index contributed by atoms with van der Waals surface area (Å²) < 4.78 is 24.2. The summed E-state index contributed by atoms with van der Waals surface area (Å²) in [5, 5.41) is 2.46. The Hall–Kier alpha value is -2.21. The number of rotatable bonds is 5. The Morgan fingerprint density at radius 2 is 2.04 bits per heavy atom. The number of amides is 1. The van der Waals surface area contributed by atoms with E-state index in [1.807, 2.05) is 18.2 Å². The molecule has 3 rings (SSSR count). The van der Waals surface area contributed by atoms with Gasteiger partial charge in [-0.1, -0.05) is 18.2 Å². The molecule has 0 radical (unpaired) electrons. The zero-order valence-corrected chi connectivity index (χ0v) is 13.4. The molecule has 2 aromatic rings. The Labute approximate surface area is 138 Å². The zero-order valence-electron chi connectivity index (χ0n) is 12.5. The van der Waals surface area contributed by atoms with E-state index in [0.29, 0.717) is 22.9 Å². The first-order chi connectivity index (χ1) is 11.1. The van der Waals surface area contributed by atoms with E-state index < -0.39 is 0 Å². The Morgan fingerprint density at radius 3 is 2.87 bits per heavy atom. The molecule has 120 valence electrons. The molecule has 1 aliphatic rings. The van der Waals surface area contributed by atoms with Gasteiger partial charge >= 0.3 is 0 Å². The molecular formula is C17H16FNO3S. The monoisotopic (exact) mass is 333 g/mol. The van der Waals surface area contributed by atoms with Crippen molar-refractivity contribution in [3.05, 3.63) is 53.8 Å². The second-order valence-electron chi connectivity index (χ2n) is 5.10. The molecule has 0 bridgehead atoms. The number of thioether (sulfide) groups is 1. The number of carbonyl (C=O) groups excluding carboxylic acids is 1. The van der Waals surface area contributed by atoms with E-state index in [4.69, 9.17) is 9.47 Å². The van der Waals surface area contributed by atoms with Crippen LogP contribution in [0.1, 0.15) is 12.5 Å². The molecule has 1 heterocycles. The van der Waals surface area contributed by atoms with Crippen LogP contribution in [-0.4, -0.2) is 18.0 Å². The summed E-state index contributed by atoms with van der Waals surface area (Å²) in [6.07, 6.45) is 0. The van der Waals surface area contributed by atoms with Gasteiger partial charge < -0.3 is 14.8 Å². The minimum absolute atomic E-state index is 0.143. The normalized spacial score (nSPS) is 13.7. The number of ether oxygens (including phenoxy) is 2. The van der Waals surface area contributed by atoms with Gasteiger partial charge in [0.15, 0.2) is 11.5 Å². The molecule has 1 atom stereocenters. The molecule has 23 heavy (non-hydrogen) atoms. The highest BCUT2D eigenvalue weighted by Crippen LogP contribution is 2.32. The van der Waals surface area contributed by atoms with E-state index in [-0.39, 0.29) is 23.8 Å². The second kappa shape index (κ2) is 6.91. The number of hydrogen-bond donors (Lipinski definition) is 1. The summed E-state index contributed by atoms with van der Waals surface area (Å²) in [7, 11) is 0. The fraction of sp³-hybridized carbons (Fsp3) is 0.235. The lowest BCUT2D eigenvalue weighted by Crippen LogP contribution is -2.30. The highest BCUT2D eigenvalue weighted by atomic mass is 32.2. The third kappa shape index (κ3) is 3.76. The second-order valence-corrected chi connectivity index (χ2v) is 6.48. The van der Waals surface area contributed by atoms with Gasteiger partial charge in [-0.25, -0.2) is 4.39 Å². The fourth-order valence-corrected chi connectivity index (χ4v) is 3.08. The molecule has 4 nitrogen and oxygen atoms in total. The van der Waals surface area contributed by atoms with Crippen molar-refractivity contribution < 1.29 is 18.7 Å². The van der Waals surface area contributed by atoms with Gasteiger partial charge in [0.2, 0.25) is 12.7 Å². The van der Waals surface area contributed by atoms with E-state index in [0.717, 1.165) is 5.56 Å². The first kappa shape index (κ1) is 15.7. The fourth-order valence-electron chi connectivity index (χ4n) is 2.17. The highest BCUT2D eigenvalue weighted by molar-refractivity contribution is 8.00. The van der Waals surface area contributed by atoms with Gasteiger partial charge in [-0.05, 0) is 36.8 Å². The van der Waals surface area contributed by atoms with E-state index in [9.17, 15) is 9.18 Å². The lowest BCUT2D eigenvalue weighted by molar-refractivity contribution is -0.120. The molecule has 1 N–H and O–H groups in total. The van der Waals surface area contributed by atoms with Gasteiger partial charge in [-0.3, -0.25) is 4.79 Å². The Balaban J connectivity index is 1.55. The van der Waals surface area contributed by atoms with E-state index in [1.165, 1.54) is 17.8 Å². The van der Waals surface area contributed by atoms with Gasteiger partial charge in [-0.2, -0.15) is 0 Å². The van der Waals surface area contributed by atoms with Crippen LogP contribution in [0.4, 0.5) is 4.39 Å². The number of fused-ring (bicyclic) bond motifs is 1. The van der Waals surface area contributed by atoms with Gasteiger partial charge in [-0.15, -0.1) is 11.8 Å². The molecule has 1 aliphatic heterocycles. The third-order valence-corrected chi connectivity index (χ3v) is 4.57. The van der Waals surface area contributed by atoms with E-state index in [1.54, 1.807) is 25.1 Å². The Bertz CT molecular complexity index is 723. The summed E-state index contributed by atoms with van der Waals surface area (Å²) in [6.45, 7) is 2.37. The molecule has 0 aromatic heterocycles. The predicted octanol–water partition coefficient (Wildman–Crippen LogP) is 3.35. The molecule has 0 fully saturated rings. The van der Waals surface area contributed by atoms with Gasteiger partial charge in [0.1, 0.15) is 5.82 Å². The topological polar surface area (TPSA) is 47.6 Å². The van der Waals surface area contributed by atoms with Gasteiger partial charge in [0.05, 0.1) is 5.25 Å². The zero-order chi connectivity index (χ0) is 16.2. The van der Waals surface area contributed by atoms with Crippen molar-refractivity contribution in [2.45, 2.75) is 23.6 Å². The molecule has 6 heteroatoms. The average Bonchev–Trinajstić information content (AvgIpc) is 3.02. The molecule has 0 saturated carbocycles. The Kier molecular flexibility index (Phi) is 4.71. The molecule has 1 unspecified atom stereocenters. The maximum absolute atomic E-state index is 13.6. The van der Waals surface area contributed by atoms with Crippen molar-refractivity contribution in [1.29, 1.82) is 0 Å². The molecule has 0 spiro atoms. The maximum Gasteiger partial charge on any atom is 0.233 e. The highest BCUT2D eigenvalue weighted by Gasteiger charge is 2.17. The molecule has 1 amide bonds. The Morgan fingerprint density at radius 1 is 1.26 bits per heavy atom. The van der Waals surface area contributed by atoms with Crippen LogP contribution in [0.25, 0.3) is 0 Å². The number of carbonyl (C=O) groups is 1. The first-order valence-corrected chi connectivity index (χ1v) is 8.09. The van der Waals surface area contributed by atoms with Crippen molar-refractivity contribution in [2.75, 3.05) is 6.79 Å². The van der Waals surface area contributed by atoms with Crippen molar-refractivity contribution in [3.63, 3.8) is 0 Å². The van der Waals surface area contributed by atoms with Crippen molar-refractivity contribution in [3.8, 4) is 11.5 Å². The number of halogens is 1. The quantitative estimate of drug-likeness (QED) is 0.853. The smallest absolute Gasteiger partial charge is 0.233 e. The predicted molar refractivity (Wildman–Crippen MR) is 86.1 cm³/mol. The molecular weight excluding hydrogens is 317 g/mol. The average molecular weight is 333 g/mol. The van der Waals surface area contributed by atoms with Crippen LogP contribution < -0.4 is 14.8 Å². The summed E-state index contributed by atoms with van der Waals surface area (Å²) in [4.78, 5) is 12.6. The lowest BCUT2D eigenvalue weighted by atomic mass is 10.2. The summed E-state index contributed by atoms with van der Waals surface area (Å²) in [6, 6.07) is 12.0. The first-order valence-electron chi connectivity index (χ1n) is 7.21. The summed E-state index contributed by atoms with van der Waals surface area (Å²) >= 11 is 1.20. The standard InChI is InChI=1S/C17H16FNO3S/c1-11(23-16-5-3-2-4-13(16)18)17(20)19-9-12-6-7-14-15(8-12)22-10-21-14/h2-8,11H,9-10H2,1H3,(H,19,20). The summed E-state index contributed by atoms with van der Waals surface area (Å²) in [5.41, 5.74) is 0.922. The van der Waals surface area contributed by atoms with Crippen LogP contribution >= 0.6 is 11.8 Å². The molecule has 0 aliphatic carbocycles. The SMILES string of the molecule is CC(Sc1ccccc1F)C(=O)NCc1ccc2c(c1)OCO2. The van der Waals surface area contributed by atoms with Crippen LogP contribution in [-0.2, 0) is 11.3 Å². The van der Waals surface area contributed by atoms with E-state index in [2.05, 4.69) is 5.32 Å².